The molecule has 0 radical (unpaired) electrons. The normalized spacial score (nSPS) is 15.4. The predicted octanol–water partition coefficient (Wildman–Crippen LogP) is 3.59. The molecule has 0 aromatic rings. The van der Waals surface area contributed by atoms with Crippen molar-refractivity contribution < 1.29 is 0 Å². The summed E-state index contributed by atoms with van der Waals surface area (Å²) in [6, 6.07) is -0.459. The molecule has 0 saturated carbocycles. The van der Waals surface area contributed by atoms with Gasteiger partial charge in [-0.25, -0.2) is 0 Å². The molecule has 0 bridgehead atoms. The number of hydrogen-bond acceptors (Lipinski definition) is 6. The Labute approximate surface area is 135 Å². The van der Waals surface area contributed by atoms with E-state index < -0.39 is 0 Å². The molecule has 0 aromatic carbocycles. The van der Waals surface area contributed by atoms with Crippen LogP contribution in [-0.4, -0.2) is 36.3 Å². The minimum atomic E-state index is -0.245. The van der Waals surface area contributed by atoms with Crippen molar-refractivity contribution in [2.24, 2.45) is 10.4 Å². The van der Waals surface area contributed by atoms with Crippen LogP contribution < -0.4 is 10.6 Å². The van der Waals surface area contributed by atoms with Gasteiger partial charge < -0.3 is 10.6 Å². The zero-order chi connectivity index (χ0) is 17.2. The van der Waals surface area contributed by atoms with Crippen LogP contribution in [0.25, 0.3) is 0 Å². The molecule has 130 valence electrons. The number of rotatable bonds is 13. The van der Waals surface area contributed by atoms with Crippen LogP contribution >= 0.6 is 0 Å². The molecule has 0 spiro atoms. The minimum Gasteiger partial charge on any atom is -0.310 e. The van der Waals surface area contributed by atoms with Gasteiger partial charge in [0.05, 0.1) is 0 Å². The second kappa shape index (κ2) is 10.0. The van der Waals surface area contributed by atoms with Gasteiger partial charge in [-0.2, -0.15) is 9.81 Å². The third-order valence-electron chi connectivity index (χ3n) is 4.67. The first-order valence-corrected chi connectivity index (χ1v) is 8.32. The van der Waals surface area contributed by atoms with Crippen molar-refractivity contribution >= 4 is 0 Å². The van der Waals surface area contributed by atoms with E-state index in [4.69, 9.17) is 0 Å². The van der Waals surface area contributed by atoms with Gasteiger partial charge in [0.25, 0.3) is 0 Å². The molecule has 6 nitrogen and oxygen atoms in total. The molecule has 0 aliphatic rings. The molecule has 2 atom stereocenters. The zero-order valence-electron chi connectivity index (χ0n) is 15.1. The molecular weight excluding hydrogens is 280 g/mol. The number of nitrogens with zero attached hydrogens (tertiary/aromatic N) is 2. The molecule has 0 aliphatic heterocycles. The maximum Gasteiger partial charge on any atom is 0.107 e. The zero-order valence-corrected chi connectivity index (χ0v) is 15.1. The van der Waals surface area contributed by atoms with Crippen LogP contribution in [0.3, 0.4) is 0 Å². The lowest BCUT2D eigenvalue weighted by atomic mass is 9.96. The summed E-state index contributed by atoms with van der Waals surface area (Å²) in [5.41, 5.74) is -0.489. The van der Waals surface area contributed by atoms with Gasteiger partial charge in [-0.15, -0.1) is 0 Å². The summed E-state index contributed by atoms with van der Waals surface area (Å²) in [6.07, 6.45) is 4.47. The molecule has 0 heterocycles. The number of unbranched alkanes of at least 4 members (excludes halogenated alkanes) is 3. The van der Waals surface area contributed by atoms with Crippen molar-refractivity contribution in [3.05, 3.63) is 9.81 Å². The van der Waals surface area contributed by atoms with Crippen molar-refractivity contribution in [2.75, 3.05) is 13.1 Å². The van der Waals surface area contributed by atoms with Gasteiger partial charge in [-0.1, -0.05) is 23.2 Å². The van der Waals surface area contributed by atoms with Crippen LogP contribution in [0.5, 0.6) is 0 Å². The van der Waals surface area contributed by atoms with Crippen LogP contribution in [0, 0.1) is 9.81 Å². The summed E-state index contributed by atoms with van der Waals surface area (Å²) in [4.78, 5) is 21.2. The lowest BCUT2D eigenvalue weighted by Crippen LogP contribution is -2.47. The Morgan fingerprint density at radius 2 is 1.05 bits per heavy atom. The Kier molecular flexibility index (Phi) is 9.60. The highest BCUT2D eigenvalue weighted by molar-refractivity contribution is 4.88. The van der Waals surface area contributed by atoms with E-state index >= 15 is 0 Å². The van der Waals surface area contributed by atoms with Gasteiger partial charge in [0.15, 0.2) is 0 Å². The third kappa shape index (κ3) is 7.94. The van der Waals surface area contributed by atoms with Gasteiger partial charge in [0, 0.05) is 11.1 Å². The second-order valence-corrected chi connectivity index (χ2v) is 7.27. The van der Waals surface area contributed by atoms with Gasteiger partial charge in [-0.3, -0.25) is 0 Å². The summed E-state index contributed by atoms with van der Waals surface area (Å²) in [6.45, 7) is 13.5. The summed E-state index contributed by atoms with van der Waals surface area (Å²) < 4.78 is 0. The van der Waals surface area contributed by atoms with E-state index in [0.29, 0.717) is 0 Å². The van der Waals surface area contributed by atoms with E-state index in [0.717, 1.165) is 38.8 Å². The topological polar surface area (TPSA) is 82.9 Å². The first-order valence-electron chi connectivity index (χ1n) is 8.32. The quantitative estimate of drug-likeness (QED) is 0.402. The van der Waals surface area contributed by atoms with E-state index in [1.807, 2.05) is 41.5 Å². The average Bonchev–Trinajstić information content (AvgIpc) is 2.47. The maximum absolute atomic E-state index is 10.6. The highest BCUT2D eigenvalue weighted by Crippen LogP contribution is 2.13. The van der Waals surface area contributed by atoms with E-state index in [-0.39, 0.29) is 23.2 Å². The van der Waals surface area contributed by atoms with Crippen LogP contribution in [0.1, 0.15) is 67.2 Å². The van der Waals surface area contributed by atoms with Crippen LogP contribution in [0.4, 0.5) is 0 Å². The number of nitrogens with one attached hydrogen (secondary N) is 2. The van der Waals surface area contributed by atoms with E-state index in [1.54, 1.807) is 0 Å². The molecule has 0 aromatic heterocycles. The van der Waals surface area contributed by atoms with Crippen molar-refractivity contribution in [3.63, 3.8) is 0 Å². The molecule has 0 rings (SSSR count). The molecule has 6 heteroatoms. The fourth-order valence-electron chi connectivity index (χ4n) is 1.98. The molecule has 22 heavy (non-hydrogen) atoms. The fraction of sp³-hybridized carbons (Fsp3) is 1.00. The molecule has 0 aliphatic carbocycles. The molecule has 2 N–H and O–H groups in total. The van der Waals surface area contributed by atoms with Crippen molar-refractivity contribution in [1.29, 1.82) is 0 Å². The highest BCUT2D eigenvalue weighted by atomic mass is 16.3. The van der Waals surface area contributed by atoms with Crippen LogP contribution in [0.15, 0.2) is 10.4 Å². The number of hydrogen-bond donors (Lipinski definition) is 2. The summed E-state index contributed by atoms with van der Waals surface area (Å²) >= 11 is 0. The Balaban J connectivity index is 3.67. The first-order chi connectivity index (χ1) is 10.2. The highest BCUT2D eigenvalue weighted by Gasteiger charge is 2.26. The Hall–Kier alpha value is -0.880. The van der Waals surface area contributed by atoms with E-state index in [2.05, 4.69) is 21.0 Å². The van der Waals surface area contributed by atoms with Crippen molar-refractivity contribution in [2.45, 2.75) is 90.4 Å². The smallest absolute Gasteiger partial charge is 0.107 e. The Morgan fingerprint density at radius 1 is 0.727 bits per heavy atom. The molecule has 0 fully saturated rings. The van der Waals surface area contributed by atoms with E-state index in [1.165, 1.54) is 0 Å². The lowest BCUT2D eigenvalue weighted by Gasteiger charge is -2.29. The summed E-state index contributed by atoms with van der Waals surface area (Å²) in [7, 11) is 0. The second-order valence-electron chi connectivity index (χ2n) is 7.27. The standard InChI is InChI=1S/C16H34N4O2/c1-13(19-21)15(3,4)17-11-9-7-8-10-12-18-16(5,6)14(2)20-22/h13-14,17-18H,7-12H2,1-6H3. The molecule has 0 amide bonds. The molecule has 0 saturated heterocycles. The number of nitroso groups, excluding NO2 is 2. The monoisotopic (exact) mass is 314 g/mol. The predicted molar refractivity (Wildman–Crippen MR) is 93.1 cm³/mol. The van der Waals surface area contributed by atoms with E-state index in [9.17, 15) is 9.81 Å². The largest absolute Gasteiger partial charge is 0.310 e. The molecule has 2 unspecified atom stereocenters. The Bertz CT molecular complexity index is 300. The fourth-order valence-corrected chi connectivity index (χ4v) is 1.98. The summed E-state index contributed by atoms with van der Waals surface area (Å²) in [5.74, 6) is 0. The molecular formula is C16H34N4O2. The summed E-state index contributed by atoms with van der Waals surface area (Å²) in [5, 5.41) is 13.0. The van der Waals surface area contributed by atoms with Gasteiger partial charge in [-0.05, 0) is 67.5 Å². The van der Waals surface area contributed by atoms with Gasteiger partial charge >= 0.3 is 0 Å². The van der Waals surface area contributed by atoms with Crippen LogP contribution in [0.2, 0.25) is 0 Å². The Morgan fingerprint density at radius 3 is 1.32 bits per heavy atom. The van der Waals surface area contributed by atoms with Crippen molar-refractivity contribution in [1.82, 2.24) is 10.6 Å². The minimum absolute atomic E-state index is 0.229. The third-order valence-corrected chi connectivity index (χ3v) is 4.67. The maximum atomic E-state index is 10.6. The van der Waals surface area contributed by atoms with Gasteiger partial charge in [0.1, 0.15) is 12.1 Å². The first kappa shape index (κ1) is 21.1. The average molecular weight is 314 g/mol. The van der Waals surface area contributed by atoms with Gasteiger partial charge in [0.2, 0.25) is 0 Å². The SMILES string of the molecule is CC(N=O)C(C)(C)NCCCCCCNC(C)(C)C(C)N=O. The van der Waals surface area contributed by atoms with Crippen molar-refractivity contribution in [3.8, 4) is 0 Å². The van der Waals surface area contributed by atoms with Crippen LogP contribution in [-0.2, 0) is 0 Å². The lowest BCUT2D eigenvalue weighted by molar-refractivity contribution is 0.323.